The molecule has 0 atom stereocenters. The van der Waals surface area contributed by atoms with Gasteiger partial charge in [-0.3, -0.25) is 4.79 Å². The fourth-order valence-corrected chi connectivity index (χ4v) is 3.31. The Bertz CT molecular complexity index is 929. The van der Waals surface area contributed by atoms with Gasteiger partial charge in [0.2, 0.25) is 0 Å². The molecule has 2 heterocycles. The van der Waals surface area contributed by atoms with Gasteiger partial charge in [-0.15, -0.1) is 0 Å². The average molecular weight is 320 g/mol. The maximum atomic E-state index is 13.5. The smallest absolute Gasteiger partial charge is 0.258 e. The number of carbonyl (C=O) groups is 1. The Hall–Kier alpha value is -2.88. The summed E-state index contributed by atoms with van der Waals surface area (Å²) in [4.78, 5) is 14.8. The lowest BCUT2D eigenvalue weighted by Crippen LogP contribution is -2.30. The van der Waals surface area contributed by atoms with Crippen molar-refractivity contribution in [2.24, 2.45) is 7.05 Å². The second-order valence-corrected chi connectivity index (χ2v) is 6.11. The molecule has 24 heavy (non-hydrogen) atoms. The Morgan fingerprint density at radius 3 is 2.71 bits per heavy atom. The van der Waals surface area contributed by atoms with Crippen LogP contribution in [0.15, 0.2) is 60.8 Å². The first kappa shape index (κ1) is 14.7. The first-order valence-corrected chi connectivity index (χ1v) is 7.92. The zero-order valence-electron chi connectivity index (χ0n) is 13.4. The van der Waals surface area contributed by atoms with E-state index in [0.29, 0.717) is 12.1 Å². The normalized spacial score (nSPS) is 13.2. The zero-order chi connectivity index (χ0) is 16.7. The number of aromatic nitrogens is 1. The highest BCUT2D eigenvalue weighted by molar-refractivity contribution is 6.06. The van der Waals surface area contributed by atoms with Crippen LogP contribution in [0.3, 0.4) is 0 Å². The number of halogens is 1. The van der Waals surface area contributed by atoms with E-state index in [9.17, 15) is 9.18 Å². The fourth-order valence-electron chi connectivity index (χ4n) is 3.31. The minimum absolute atomic E-state index is 0.182. The van der Waals surface area contributed by atoms with E-state index in [0.717, 1.165) is 23.2 Å². The van der Waals surface area contributed by atoms with E-state index in [1.54, 1.807) is 17.0 Å². The van der Waals surface area contributed by atoms with Crippen LogP contribution in [0.25, 0.3) is 0 Å². The molecule has 0 unspecified atom stereocenters. The van der Waals surface area contributed by atoms with Gasteiger partial charge >= 0.3 is 0 Å². The van der Waals surface area contributed by atoms with Gasteiger partial charge in [-0.1, -0.05) is 24.3 Å². The van der Waals surface area contributed by atoms with Gasteiger partial charge in [-0.2, -0.15) is 0 Å². The highest BCUT2D eigenvalue weighted by atomic mass is 19.1. The van der Waals surface area contributed by atoms with Crippen LogP contribution < -0.4 is 4.90 Å². The van der Waals surface area contributed by atoms with Crippen LogP contribution >= 0.6 is 0 Å². The standard InChI is InChI=1S/C20H17FN2O/c1-22-10-9-16-13-23(20(24)15-6-4-7-17(21)11-15)18-8-3-2-5-14(18)12-19(16)22/h2-11H,12-13H2,1H3. The van der Waals surface area contributed by atoms with Gasteiger partial charge < -0.3 is 9.47 Å². The van der Waals surface area contributed by atoms with Gasteiger partial charge in [0.05, 0.1) is 6.54 Å². The van der Waals surface area contributed by atoms with Crippen molar-refractivity contribution < 1.29 is 9.18 Å². The summed E-state index contributed by atoms with van der Waals surface area (Å²) in [6.07, 6.45) is 2.80. The SMILES string of the molecule is Cn1ccc2c1Cc1ccccc1N(C(=O)c1cccc(F)c1)C2. The van der Waals surface area contributed by atoms with Crippen molar-refractivity contribution in [1.82, 2.24) is 4.57 Å². The van der Waals surface area contributed by atoms with Crippen LogP contribution in [0.2, 0.25) is 0 Å². The van der Waals surface area contributed by atoms with Gasteiger partial charge in [0.15, 0.2) is 0 Å². The predicted octanol–water partition coefficient (Wildman–Crippen LogP) is 3.92. The largest absolute Gasteiger partial charge is 0.354 e. The molecule has 0 radical (unpaired) electrons. The molecule has 0 aliphatic carbocycles. The van der Waals surface area contributed by atoms with E-state index in [1.165, 1.54) is 17.8 Å². The monoisotopic (exact) mass is 320 g/mol. The number of hydrogen-bond donors (Lipinski definition) is 0. The van der Waals surface area contributed by atoms with Crippen molar-refractivity contribution in [2.45, 2.75) is 13.0 Å². The Balaban J connectivity index is 1.83. The van der Waals surface area contributed by atoms with Gasteiger partial charge in [-0.05, 0) is 41.5 Å². The van der Waals surface area contributed by atoms with Crippen LogP contribution in [0.1, 0.15) is 27.2 Å². The molecule has 120 valence electrons. The summed E-state index contributed by atoms with van der Waals surface area (Å²) in [6, 6.07) is 15.8. The van der Waals surface area contributed by atoms with Gasteiger partial charge in [0.1, 0.15) is 5.82 Å². The number of carbonyl (C=O) groups excluding carboxylic acids is 1. The van der Waals surface area contributed by atoms with Gasteiger partial charge in [-0.25, -0.2) is 4.39 Å². The van der Waals surface area contributed by atoms with Crippen LogP contribution in [-0.4, -0.2) is 10.5 Å². The first-order chi connectivity index (χ1) is 11.6. The van der Waals surface area contributed by atoms with Crippen LogP contribution in [-0.2, 0) is 20.0 Å². The summed E-state index contributed by atoms with van der Waals surface area (Å²) in [7, 11) is 2.02. The molecule has 1 aliphatic rings. The van der Waals surface area contributed by atoms with Crippen molar-refractivity contribution in [2.75, 3.05) is 4.90 Å². The minimum atomic E-state index is -0.399. The average Bonchev–Trinajstić information content (AvgIpc) is 2.84. The number of benzene rings is 2. The minimum Gasteiger partial charge on any atom is -0.354 e. The molecule has 1 aromatic heterocycles. The molecule has 0 fully saturated rings. The van der Waals surface area contributed by atoms with E-state index in [1.807, 2.05) is 43.6 Å². The summed E-state index contributed by atoms with van der Waals surface area (Å²) in [5.41, 5.74) is 4.69. The number of rotatable bonds is 1. The molecule has 2 aromatic carbocycles. The molecular formula is C20H17FN2O. The molecule has 4 rings (SSSR count). The maximum Gasteiger partial charge on any atom is 0.258 e. The number of fused-ring (bicyclic) bond motifs is 2. The third-order valence-electron chi connectivity index (χ3n) is 4.58. The molecular weight excluding hydrogens is 303 g/mol. The van der Waals surface area contributed by atoms with Crippen molar-refractivity contribution in [3.8, 4) is 0 Å². The Morgan fingerprint density at radius 2 is 1.88 bits per heavy atom. The van der Waals surface area contributed by atoms with Crippen LogP contribution in [0.4, 0.5) is 10.1 Å². The number of hydrogen-bond acceptors (Lipinski definition) is 1. The second kappa shape index (κ2) is 5.64. The third-order valence-corrected chi connectivity index (χ3v) is 4.58. The van der Waals surface area contributed by atoms with E-state index < -0.39 is 5.82 Å². The molecule has 0 spiro atoms. The van der Waals surface area contributed by atoms with Crippen molar-refractivity contribution >= 4 is 11.6 Å². The van der Waals surface area contributed by atoms with Crippen molar-refractivity contribution in [3.05, 3.63) is 89.0 Å². The molecule has 0 N–H and O–H groups in total. The van der Waals surface area contributed by atoms with E-state index >= 15 is 0 Å². The second-order valence-electron chi connectivity index (χ2n) is 6.11. The van der Waals surface area contributed by atoms with Gasteiger partial charge in [0.25, 0.3) is 5.91 Å². The number of amides is 1. The number of para-hydroxylation sites is 1. The highest BCUT2D eigenvalue weighted by Gasteiger charge is 2.26. The van der Waals surface area contributed by atoms with Crippen LogP contribution in [0, 0.1) is 5.82 Å². The van der Waals surface area contributed by atoms with Crippen LogP contribution in [0.5, 0.6) is 0 Å². The van der Waals surface area contributed by atoms with Crippen molar-refractivity contribution in [1.29, 1.82) is 0 Å². The number of aryl methyl sites for hydroxylation is 1. The summed E-state index contributed by atoms with van der Waals surface area (Å²) in [6.45, 7) is 0.489. The summed E-state index contributed by atoms with van der Waals surface area (Å²) in [5.74, 6) is -0.581. The molecule has 0 saturated heterocycles. The maximum absolute atomic E-state index is 13.5. The molecule has 3 aromatic rings. The summed E-state index contributed by atoms with van der Waals surface area (Å²) in [5, 5.41) is 0. The number of nitrogens with zero attached hydrogens (tertiary/aromatic N) is 2. The Kier molecular flexibility index (Phi) is 3.45. The highest BCUT2D eigenvalue weighted by Crippen LogP contribution is 2.31. The predicted molar refractivity (Wildman–Crippen MR) is 91.6 cm³/mol. The fraction of sp³-hybridized carbons (Fsp3) is 0.150. The van der Waals surface area contributed by atoms with E-state index in [4.69, 9.17) is 0 Å². The molecule has 0 saturated carbocycles. The Morgan fingerprint density at radius 1 is 1.04 bits per heavy atom. The quantitative estimate of drug-likeness (QED) is 0.667. The van der Waals surface area contributed by atoms with E-state index in [2.05, 4.69) is 4.57 Å². The lowest BCUT2D eigenvalue weighted by atomic mass is 10.1. The van der Waals surface area contributed by atoms with Crippen molar-refractivity contribution in [3.63, 3.8) is 0 Å². The van der Waals surface area contributed by atoms with E-state index in [-0.39, 0.29) is 5.91 Å². The Labute approximate surface area is 140 Å². The zero-order valence-corrected chi connectivity index (χ0v) is 13.4. The summed E-state index contributed by atoms with van der Waals surface area (Å²) >= 11 is 0. The summed E-state index contributed by atoms with van der Waals surface area (Å²) < 4.78 is 15.6. The topological polar surface area (TPSA) is 25.2 Å². The molecule has 1 aliphatic heterocycles. The lowest BCUT2D eigenvalue weighted by Gasteiger charge is -2.23. The molecule has 3 nitrogen and oxygen atoms in total. The third kappa shape index (κ3) is 2.40. The first-order valence-electron chi connectivity index (χ1n) is 7.92. The van der Waals surface area contributed by atoms with Gasteiger partial charge in [0, 0.05) is 36.6 Å². The molecule has 1 amide bonds. The lowest BCUT2D eigenvalue weighted by molar-refractivity contribution is 0.0984. The number of anilines is 1. The molecule has 4 heteroatoms. The molecule has 0 bridgehead atoms.